The molecule has 59 heavy (non-hydrogen) atoms. The molecule has 12 rings (SSSR count). The maximum Gasteiger partial charge on any atom is 0.0171 e. The first kappa shape index (κ1) is 33.8. The average Bonchev–Trinajstić information content (AvgIpc) is 3.54. The highest BCUT2D eigenvalue weighted by Gasteiger charge is 2.38. The van der Waals surface area contributed by atoms with Crippen LogP contribution in [-0.4, -0.2) is 0 Å². The van der Waals surface area contributed by atoms with E-state index in [0.717, 1.165) is 0 Å². The van der Waals surface area contributed by atoms with Crippen molar-refractivity contribution in [2.24, 2.45) is 0 Å². The predicted molar refractivity (Wildman–Crippen MR) is 253 cm³/mol. The van der Waals surface area contributed by atoms with Crippen molar-refractivity contribution in [1.82, 2.24) is 0 Å². The van der Waals surface area contributed by atoms with Gasteiger partial charge in [-0.15, -0.1) is 0 Å². The summed E-state index contributed by atoms with van der Waals surface area (Å²) in [6.07, 6.45) is 0. The topological polar surface area (TPSA) is 0 Å². The fourth-order valence-corrected chi connectivity index (χ4v) is 10.7. The molecule has 1 aliphatic rings. The maximum atomic E-state index is 2.44. The van der Waals surface area contributed by atoms with Gasteiger partial charge in [0.15, 0.2) is 0 Å². The lowest BCUT2D eigenvalue weighted by Gasteiger charge is -2.26. The zero-order valence-electron chi connectivity index (χ0n) is 33.1. The molecule has 0 atom stereocenters. The third-order valence-corrected chi connectivity index (χ3v) is 13.2. The van der Waals surface area contributed by atoms with Crippen molar-refractivity contribution < 1.29 is 0 Å². The molecule has 0 amide bonds. The van der Waals surface area contributed by atoms with Crippen LogP contribution >= 0.6 is 0 Å². The molecule has 276 valence electrons. The van der Waals surface area contributed by atoms with Gasteiger partial charge in [0.1, 0.15) is 0 Å². The largest absolute Gasteiger partial charge is 0.0616 e. The first-order valence-corrected chi connectivity index (χ1v) is 20.8. The summed E-state index contributed by atoms with van der Waals surface area (Å²) in [5, 5.41) is 12.8. The van der Waals surface area contributed by atoms with E-state index in [4.69, 9.17) is 0 Å². The van der Waals surface area contributed by atoms with Crippen LogP contribution in [0.25, 0.3) is 109 Å². The van der Waals surface area contributed by atoms with Crippen LogP contribution in [0.5, 0.6) is 0 Å². The molecule has 0 N–H and O–H groups in total. The van der Waals surface area contributed by atoms with Crippen LogP contribution in [0.2, 0.25) is 0 Å². The molecule has 0 fully saturated rings. The highest BCUT2D eigenvalue weighted by atomic mass is 14.4. The first-order chi connectivity index (χ1) is 29.0. The summed E-state index contributed by atoms with van der Waals surface area (Å²) in [7, 11) is 0. The van der Waals surface area contributed by atoms with E-state index in [0.29, 0.717) is 0 Å². The van der Waals surface area contributed by atoms with Gasteiger partial charge >= 0.3 is 0 Å². The molecule has 11 aromatic rings. The Labute approximate surface area is 344 Å². The summed E-state index contributed by atoms with van der Waals surface area (Å²) < 4.78 is 0. The molecule has 0 radical (unpaired) electrons. The van der Waals surface area contributed by atoms with Crippen molar-refractivity contribution in [2.45, 2.75) is 19.3 Å². The number of rotatable bonds is 4. The number of hydrogen-bond donors (Lipinski definition) is 0. The van der Waals surface area contributed by atoms with E-state index >= 15 is 0 Å². The highest BCUT2D eigenvalue weighted by molar-refractivity contribution is 6.22. The Morgan fingerprint density at radius 2 is 0.695 bits per heavy atom. The fraction of sp³-hybridized carbons (Fsp3) is 0.0508. The van der Waals surface area contributed by atoms with Crippen molar-refractivity contribution in [1.29, 1.82) is 0 Å². The Morgan fingerprint density at radius 1 is 0.254 bits per heavy atom. The molecule has 0 saturated heterocycles. The van der Waals surface area contributed by atoms with Crippen LogP contribution < -0.4 is 0 Å². The minimum absolute atomic E-state index is 0.160. The van der Waals surface area contributed by atoms with E-state index in [2.05, 4.69) is 220 Å². The van der Waals surface area contributed by atoms with Crippen molar-refractivity contribution in [3.8, 4) is 55.6 Å². The molecule has 0 bridgehead atoms. The van der Waals surface area contributed by atoms with Crippen molar-refractivity contribution in [2.75, 3.05) is 0 Å². The number of hydrogen-bond acceptors (Lipinski definition) is 0. The van der Waals surface area contributed by atoms with Gasteiger partial charge in [-0.3, -0.25) is 0 Å². The summed E-state index contributed by atoms with van der Waals surface area (Å²) in [6.45, 7) is 4.82. The monoisotopic (exact) mass is 748 g/mol. The lowest BCUT2D eigenvalue weighted by Crippen LogP contribution is -2.16. The summed E-state index contributed by atoms with van der Waals surface area (Å²) in [6, 6.07) is 76.9. The minimum Gasteiger partial charge on any atom is -0.0616 e. The normalized spacial score (nSPS) is 13.1. The predicted octanol–water partition coefficient (Wildman–Crippen LogP) is 16.4. The van der Waals surface area contributed by atoms with Crippen LogP contribution in [0.4, 0.5) is 0 Å². The van der Waals surface area contributed by atoms with Crippen LogP contribution in [0.1, 0.15) is 25.0 Å². The molecule has 0 heteroatoms. The second-order valence-corrected chi connectivity index (χ2v) is 16.8. The quantitative estimate of drug-likeness (QED) is 0.124. The first-order valence-electron chi connectivity index (χ1n) is 20.8. The van der Waals surface area contributed by atoms with E-state index in [-0.39, 0.29) is 5.41 Å². The van der Waals surface area contributed by atoms with E-state index in [1.165, 1.54) is 121 Å². The Balaban J connectivity index is 1.04. The molecule has 0 aliphatic heterocycles. The molecular weight excluding hydrogens is 709 g/mol. The molecule has 0 unspecified atom stereocenters. The Kier molecular flexibility index (Phi) is 7.38. The highest BCUT2D eigenvalue weighted by Crippen LogP contribution is 2.55. The zero-order chi connectivity index (χ0) is 39.2. The van der Waals surface area contributed by atoms with E-state index < -0.39 is 0 Å². The molecule has 11 aromatic carbocycles. The van der Waals surface area contributed by atoms with Gasteiger partial charge in [0, 0.05) is 5.41 Å². The fourth-order valence-electron chi connectivity index (χ4n) is 10.7. The molecule has 0 aromatic heterocycles. The lowest BCUT2D eigenvalue weighted by atomic mass is 9.77. The van der Waals surface area contributed by atoms with Gasteiger partial charge in [0.05, 0.1) is 0 Å². The van der Waals surface area contributed by atoms with Gasteiger partial charge in [-0.2, -0.15) is 0 Å². The summed E-state index contributed by atoms with van der Waals surface area (Å²) >= 11 is 0. The van der Waals surface area contributed by atoms with Gasteiger partial charge in [-0.1, -0.05) is 202 Å². The molecule has 0 heterocycles. The van der Waals surface area contributed by atoms with Crippen LogP contribution in [0, 0.1) is 0 Å². The van der Waals surface area contributed by atoms with Gasteiger partial charge in [-0.25, -0.2) is 0 Å². The molecule has 0 spiro atoms. The van der Waals surface area contributed by atoms with Gasteiger partial charge in [0.25, 0.3) is 0 Å². The standard InChI is InChI=1S/C59H40/c1-59(2)57-44-23-6-3-16-37(44)32-33-53(57)52-31-15-30-45(58(52)59)38-18-13-20-41(34-38)55-48-26-9-11-28-50(48)56(51-29-12-10-27-49(51)55)42-21-14-19-39(35-42)54-36-40-17-4-5-22-43(40)46-24-7-8-25-47(46)54/h3-36H,1-2H3. The van der Waals surface area contributed by atoms with Crippen molar-refractivity contribution >= 4 is 53.9 Å². The molecule has 0 nitrogen and oxygen atoms in total. The third kappa shape index (κ3) is 5.03. The SMILES string of the molecule is CC1(C)c2c(-c3cccc(-c4c5ccccc5c(-c5cccc(-c6cc7ccccc7c7ccccc67)c5)c5ccccc45)c3)cccc2-c2ccc3ccccc3c21. The maximum absolute atomic E-state index is 2.44. The van der Waals surface area contributed by atoms with E-state index in [1.807, 2.05) is 0 Å². The average molecular weight is 749 g/mol. The third-order valence-electron chi connectivity index (χ3n) is 13.2. The lowest BCUT2D eigenvalue weighted by molar-refractivity contribution is 0.668. The second-order valence-electron chi connectivity index (χ2n) is 16.8. The second kappa shape index (κ2) is 12.9. The zero-order valence-corrected chi connectivity index (χ0v) is 33.1. The van der Waals surface area contributed by atoms with Crippen molar-refractivity contribution in [3.05, 3.63) is 217 Å². The molecule has 0 saturated carbocycles. The van der Waals surface area contributed by atoms with Crippen LogP contribution in [0.3, 0.4) is 0 Å². The molecule has 1 aliphatic carbocycles. The minimum atomic E-state index is -0.160. The summed E-state index contributed by atoms with van der Waals surface area (Å²) in [5.41, 5.74) is 15.4. The Hall–Kier alpha value is -7.28. The number of benzene rings is 11. The Morgan fingerprint density at radius 3 is 1.32 bits per heavy atom. The van der Waals surface area contributed by atoms with Gasteiger partial charge in [-0.05, 0) is 139 Å². The van der Waals surface area contributed by atoms with Gasteiger partial charge < -0.3 is 0 Å². The van der Waals surface area contributed by atoms with Crippen LogP contribution in [-0.2, 0) is 5.41 Å². The van der Waals surface area contributed by atoms with E-state index in [1.54, 1.807) is 0 Å². The van der Waals surface area contributed by atoms with E-state index in [9.17, 15) is 0 Å². The van der Waals surface area contributed by atoms with Crippen molar-refractivity contribution in [3.63, 3.8) is 0 Å². The smallest absolute Gasteiger partial charge is 0.0171 e. The van der Waals surface area contributed by atoms with Gasteiger partial charge in [0.2, 0.25) is 0 Å². The summed E-state index contributed by atoms with van der Waals surface area (Å²) in [5.74, 6) is 0. The van der Waals surface area contributed by atoms with Crippen LogP contribution in [0.15, 0.2) is 206 Å². The Bertz CT molecular complexity index is 3470. The molecular formula is C59H40. The summed E-state index contributed by atoms with van der Waals surface area (Å²) in [4.78, 5) is 0. The number of fused-ring (bicyclic) bond motifs is 10.